The lowest BCUT2D eigenvalue weighted by atomic mass is 10.2. The van der Waals surface area contributed by atoms with Gasteiger partial charge < -0.3 is 19.8 Å². The van der Waals surface area contributed by atoms with Crippen molar-refractivity contribution in [1.29, 1.82) is 0 Å². The number of carbonyl (C=O) groups excluding carboxylic acids is 3. The monoisotopic (exact) mass is 446 g/mol. The van der Waals surface area contributed by atoms with Crippen LogP contribution in [0.3, 0.4) is 0 Å². The fourth-order valence-corrected chi connectivity index (χ4v) is 2.59. The summed E-state index contributed by atoms with van der Waals surface area (Å²) in [7, 11) is 0. The van der Waals surface area contributed by atoms with E-state index in [1.807, 2.05) is 0 Å². The number of hydrogen-bond acceptors (Lipinski definition) is 5. The summed E-state index contributed by atoms with van der Waals surface area (Å²) in [6, 6.07) is 12.9. The zero-order valence-electron chi connectivity index (χ0n) is 16.6. The van der Waals surface area contributed by atoms with Crippen LogP contribution in [0.1, 0.15) is 33.4 Å². The number of halogens is 3. The van der Waals surface area contributed by atoms with Crippen molar-refractivity contribution in [2.45, 2.75) is 19.2 Å². The van der Waals surface area contributed by atoms with Gasteiger partial charge in [0, 0.05) is 11.4 Å². The van der Waals surface area contributed by atoms with Crippen molar-refractivity contribution in [2.24, 2.45) is 0 Å². The molecule has 2 aromatic carbocycles. The Kier molecular flexibility index (Phi) is 6.62. The number of nitrogens with one attached hydrogen (secondary N) is 2. The van der Waals surface area contributed by atoms with Gasteiger partial charge in [-0.1, -0.05) is 6.07 Å². The van der Waals surface area contributed by atoms with E-state index in [1.165, 1.54) is 49.6 Å². The third-order valence-electron chi connectivity index (χ3n) is 4.23. The third-order valence-corrected chi connectivity index (χ3v) is 4.23. The summed E-state index contributed by atoms with van der Waals surface area (Å²) >= 11 is 0. The van der Waals surface area contributed by atoms with Gasteiger partial charge in [0.05, 0.1) is 17.4 Å². The summed E-state index contributed by atoms with van der Waals surface area (Å²) in [4.78, 5) is 36.4. The van der Waals surface area contributed by atoms with E-state index in [-0.39, 0.29) is 17.0 Å². The lowest BCUT2D eigenvalue weighted by molar-refractivity contribution is -0.137. The highest BCUT2D eigenvalue weighted by Crippen LogP contribution is 2.30. The van der Waals surface area contributed by atoms with Gasteiger partial charge in [0.25, 0.3) is 11.8 Å². The van der Waals surface area contributed by atoms with E-state index in [1.54, 1.807) is 6.07 Å². The van der Waals surface area contributed by atoms with Crippen LogP contribution in [0.5, 0.6) is 0 Å². The lowest BCUT2D eigenvalue weighted by Crippen LogP contribution is -2.30. The van der Waals surface area contributed by atoms with Crippen LogP contribution >= 0.6 is 0 Å². The summed E-state index contributed by atoms with van der Waals surface area (Å²) < 4.78 is 48.4. The summed E-state index contributed by atoms with van der Waals surface area (Å²) in [6.45, 7) is 1.29. The maximum absolute atomic E-state index is 12.8. The number of hydrogen-bond donors (Lipinski definition) is 2. The molecule has 7 nitrogen and oxygen atoms in total. The number of esters is 1. The van der Waals surface area contributed by atoms with Gasteiger partial charge in [0.1, 0.15) is 0 Å². The van der Waals surface area contributed by atoms with Crippen LogP contribution in [0.2, 0.25) is 0 Å². The van der Waals surface area contributed by atoms with Crippen molar-refractivity contribution in [3.63, 3.8) is 0 Å². The van der Waals surface area contributed by atoms with Crippen molar-refractivity contribution in [2.75, 3.05) is 10.6 Å². The molecule has 3 aromatic rings. The summed E-state index contributed by atoms with van der Waals surface area (Å²) in [6.07, 6.45) is -4.46. The van der Waals surface area contributed by atoms with Gasteiger partial charge in [-0.05, 0) is 61.5 Å². The average molecular weight is 446 g/mol. The Balaban J connectivity index is 1.57. The van der Waals surface area contributed by atoms with Crippen LogP contribution in [0, 0.1) is 0 Å². The molecule has 1 aromatic heterocycles. The molecule has 2 amide bonds. The molecule has 0 aliphatic heterocycles. The van der Waals surface area contributed by atoms with Crippen molar-refractivity contribution in [1.82, 2.24) is 0 Å². The highest BCUT2D eigenvalue weighted by molar-refractivity contribution is 6.02. The van der Waals surface area contributed by atoms with Gasteiger partial charge in [0.15, 0.2) is 11.9 Å². The molecule has 0 spiro atoms. The number of rotatable bonds is 6. The fraction of sp³-hybridized carbons (Fsp3) is 0.136. The Morgan fingerprint density at radius 1 is 0.938 bits per heavy atom. The molecular weight excluding hydrogens is 429 g/mol. The molecule has 32 heavy (non-hydrogen) atoms. The first-order chi connectivity index (χ1) is 15.1. The number of furan rings is 1. The molecule has 2 N–H and O–H groups in total. The summed E-state index contributed by atoms with van der Waals surface area (Å²) in [5, 5.41) is 4.87. The maximum Gasteiger partial charge on any atom is 0.416 e. The smallest absolute Gasteiger partial charge is 0.416 e. The lowest BCUT2D eigenvalue weighted by Gasteiger charge is -2.15. The van der Waals surface area contributed by atoms with Crippen LogP contribution < -0.4 is 10.6 Å². The predicted octanol–water partition coefficient (Wildman–Crippen LogP) is 4.73. The SMILES string of the molecule is CC(OC(=O)c1ccc(NC(=O)c2ccco2)cc1)C(=O)Nc1cccc(C(F)(F)F)c1. The first-order valence-electron chi connectivity index (χ1n) is 9.27. The molecule has 1 atom stereocenters. The first kappa shape index (κ1) is 22.6. The topological polar surface area (TPSA) is 97.6 Å². The molecule has 3 rings (SSSR count). The molecule has 0 aliphatic rings. The van der Waals surface area contributed by atoms with Crippen LogP contribution in [-0.4, -0.2) is 23.9 Å². The number of ether oxygens (including phenoxy) is 1. The standard InChI is InChI=1S/C22H17F3N2O5/c1-13(19(28)27-17-5-2-4-15(12-17)22(23,24)25)32-21(30)14-7-9-16(10-8-14)26-20(29)18-6-3-11-31-18/h2-13H,1H3,(H,26,29)(H,27,28). The van der Waals surface area contributed by atoms with Crippen LogP contribution in [0.15, 0.2) is 71.3 Å². The minimum atomic E-state index is -4.55. The second kappa shape index (κ2) is 9.38. The molecule has 166 valence electrons. The number of carbonyl (C=O) groups is 3. The highest BCUT2D eigenvalue weighted by atomic mass is 19.4. The van der Waals surface area contributed by atoms with E-state index >= 15 is 0 Å². The predicted molar refractivity (Wildman–Crippen MR) is 108 cm³/mol. The maximum atomic E-state index is 12.8. The van der Waals surface area contributed by atoms with E-state index in [9.17, 15) is 27.6 Å². The largest absolute Gasteiger partial charge is 0.459 e. The fourth-order valence-electron chi connectivity index (χ4n) is 2.59. The Morgan fingerprint density at radius 2 is 1.66 bits per heavy atom. The summed E-state index contributed by atoms with van der Waals surface area (Å²) in [5.74, 6) is -1.96. The molecule has 0 fully saturated rings. The van der Waals surface area contributed by atoms with Crippen molar-refractivity contribution >= 4 is 29.2 Å². The number of amides is 2. The molecule has 1 heterocycles. The van der Waals surface area contributed by atoms with Gasteiger partial charge >= 0.3 is 12.1 Å². The quantitative estimate of drug-likeness (QED) is 0.534. The van der Waals surface area contributed by atoms with Crippen LogP contribution in [0.25, 0.3) is 0 Å². The molecule has 0 bridgehead atoms. The number of benzene rings is 2. The van der Waals surface area contributed by atoms with E-state index in [2.05, 4.69) is 10.6 Å². The molecule has 0 radical (unpaired) electrons. The van der Waals surface area contributed by atoms with Crippen molar-refractivity contribution in [3.05, 3.63) is 83.8 Å². The van der Waals surface area contributed by atoms with Gasteiger partial charge in [-0.25, -0.2) is 4.79 Å². The Hall–Kier alpha value is -4.08. The van der Waals surface area contributed by atoms with E-state index < -0.39 is 35.6 Å². The Morgan fingerprint density at radius 3 is 2.28 bits per heavy atom. The van der Waals surface area contributed by atoms with Crippen LogP contribution in [-0.2, 0) is 15.7 Å². The number of alkyl halides is 3. The minimum Gasteiger partial charge on any atom is -0.459 e. The van der Waals surface area contributed by atoms with Gasteiger partial charge in [0.2, 0.25) is 0 Å². The first-order valence-corrected chi connectivity index (χ1v) is 9.27. The highest BCUT2D eigenvalue weighted by Gasteiger charge is 2.30. The van der Waals surface area contributed by atoms with Crippen molar-refractivity contribution < 1.29 is 36.7 Å². The average Bonchev–Trinajstić information content (AvgIpc) is 3.29. The second-order valence-electron chi connectivity index (χ2n) is 6.62. The molecule has 0 saturated heterocycles. The van der Waals surface area contributed by atoms with E-state index in [0.29, 0.717) is 5.69 Å². The summed E-state index contributed by atoms with van der Waals surface area (Å²) in [5.41, 5.74) is -0.485. The molecular formula is C22H17F3N2O5. The van der Waals surface area contributed by atoms with E-state index in [4.69, 9.17) is 9.15 Å². The number of anilines is 2. The molecule has 10 heteroatoms. The second-order valence-corrected chi connectivity index (χ2v) is 6.62. The van der Waals surface area contributed by atoms with Gasteiger partial charge in [-0.15, -0.1) is 0 Å². The minimum absolute atomic E-state index is 0.0793. The third kappa shape index (κ3) is 5.75. The zero-order chi connectivity index (χ0) is 23.3. The van der Waals surface area contributed by atoms with Gasteiger partial charge in [-0.2, -0.15) is 13.2 Å². The van der Waals surface area contributed by atoms with E-state index in [0.717, 1.165) is 18.2 Å². The normalized spacial score (nSPS) is 12.0. The van der Waals surface area contributed by atoms with Gasteiger partial charge in [-0.3, -0.25) is 9.59 Å². The molecule has 0 aliphatic carbocycles. The Labute approximate surface area is 180 Å². The van der Waals surface area contributed by atoms with Crippen molar-refractivity contribution in [3.8, 4) is 0 Å². The molecule has 0 saturated carbocycles. The van der Waals surface area contributed by atoms with Crippen LogP contribution in [0.4, 0.5) is 24.5 Å². The Bertz CT molecular complexity index is 1110. The molecule has 1 unspecified atom stereocenters. The zero-order valence-corrected chi connectivity index (χ0v) is 16.6.